The topological polar surface area (TPSA) is 52.8 Å². The van der Waals surface area contributed by atoms with E-state index < -0.39 is 0 Å². The van der Waals surface area contributed by atoms with E-state index in [-0.39, 0.29) is 12.2 Å². The van der Waals surface area contributed by atoms with Crippen molar-refractivity contribution in [2.45, 2.75) is 56.8 Å². The number of hydrogen-bond donors (Lipinski definition) is 0. The van der Waals surface area contributed by atoms with Gasteiger partial charge in [0.1, 0.15) is 42.7 Å². The molecule has 2 aromatic carbocycles. The van der Waals surface area contributed by atoms with E-state index in [1.54, 1.807) is 0 Å². The first-order valence-corrected chi connectivity index (χ1v) is 11.1. The Morgan fingerprint density at radius 3 is 2.07 bits per heavy atom. The maximum atomic E-state index is 6.28. The van der Waals surface area contributed by atoms with Gasteiger partial charge in [-0.25, -0.2) is 0 Å². The van der Waals surface area contributed by atoms with Crippen LogP contribution in [0.15, 0.2) is 42.5 Å². The molecule has 2 unspecified atom stereocenters. The summed E-state index contributed by atoms with van der Waals surface area (Å²) in [5.74, 6) is 3.39. The summed E-state index contributed by atoms with van der Waals surface area (Å²) >= 11 is 0. The molecule has 30 heavy (non-hydrogen) atoms. The zero-order valence-corrected chi connectivity index (χ0v) is 17.5. The van der Waals surface area contributed by atoms with Gasteiger partial charge in [-0.3, -0.25) is 0 Å². The fraction of sp³-hybridized carbons (Fsp3) is 0.520. The number of benzene rings is 2. The molecule has 0 radical (unpaired) electrons. The highest BCUT2D eigenvalue weighted by Gasteiger charge is 2.25. The Bertz CT molecular complexity index is 833. The molecule has 0 amide bonds. The Balaban J connectivity index is 1.09. The molecule has 0 bridgehead atoms. The van der Waals surface area contributed by atoms with Crippen LogP contribution in [0.1, 0.15) is 42.7 Å². The molecule has 2 aliphatic heterocycles. The lowest BCUT2D eigenvalue weighted by Crippen LogP contribution is -2.23. The van der Waals surface area contributed by atoms with Crippen LogP contribution < -0.4 is 14.2 Å². The number of ether oxygens (including phenoxy) is 5. The van der Waals surface area contributed by atoms with E-state index >= 15 is 0 Å². The van der Waals surface area contributed by atoms with E-state index in [0.717, 1.165) is 61.7 Å². The first kappa shape index (κ1) is 19.7. The second kappa shape index (κ2) is 8.86. The minimum absolute atomic E-state index is 0.275. The van der Waals surface area contributed by atoms with Crippen LogP contribution >= 0.6 is 0 Å². The van der Waals surface area contributed by atoms with Gasteiger partial charge in [0.05, 0.1) is 19.3 Å². The van der Waals surface area contributed by atoms with Crippen LogP contribution in [-0.2, 0) is 9.47 Å². The molecule has 0 spiro atoms. The lowest BCUT2D eigenvalue weighted by Gasteiger charge is -2.29. The molecule has 2 atom stereocenters. The first-order chi connectivity index (χ1) is 14.7. The summed E-state index contributed by atoms with van der Waals surface area (Å²) in [6, 6.07) is 14.7. The van der Waals surface area contributed by atoms with Crippen LogP contribution in [0.3, 0.4) is 0 Å². The van der Waals surface area contributed by atoms with Crippen LogP contribution in [0.4, 0.5) is 0 Å². The third kappa shape index (κ3) is 5.27. The Labute approximate surface area is 178 Å². The summed E-state index contributed by atoms with van der Waals surface area (Å²) in [4.78, 5) is 0. The van der Waals surface area contributed by atoms with Crippen molar-refractivity contribution in [1.82, 2.24) is 0 Å². The van der Waals surface area contributed by atoms with Crippen molar-refractivity contribution >= 4 is 0 Å². The zero-order chi connectivity index (χ0) is 20.3. The van der Waals surface area contributed by atoms with Crippen molar-refractivity contribution in [3.05, 3.63) is 53.6 Å². The van der Waals surface area contributed by atoms with Gasteiger partial charge in [0.25, 0.3) is 0 Å². The van der Waals surface area contributed by atoms with Crippen molar-refractivity contribution in [2.24, 2.45) is 0 Å². The molecule has 5 heteroatoms. The SMILES string of the molecule is Cc1cc(OC2CCC(c3ccc(OCC4CO4)cc3)CC2)ccc1OCC1CO1. The number of epoxide rings is 2. The number of rotatable bonds is 9. The van der Waals surface area contributed by atoms with Crippen LogP contribution in [-0.4, -0.2) is 44.7 Å². The highest BCUT2D eigenvalue weighted by atomic mass is 16.6. The molecule has 3 aliphatic rings. The number of hydrogen-bond acceptors (Lipinski definition) is 5. The molecule has 3 fully saturated rings. The average Bonchev–Trinajstić information content (AvgIpc) is 3.68. The molecule has 2 saturated heterocycles. The summed E-state index contributed by atoms with van der Waals surface area (Å²) in [6.07, 6.45) is 5.33. The maximum absolute atomic E-state index is 6.28. The second-order valence-electron chi connectivity index (χ2n) is 8.62. The van der Waals surface area contributed by atoms with Gasteiger partial charge in [-0.2, -0.15) is 0 Å². The third-order valence-corrected chi connectivity index (χ3v) is 6.14. The fourth-order valence-electron chi connectivity index (χ4n) is 4.10. The number of aryl methyl sites for hydroxylation is 1. The van der Waals surface area contributed by atoms with Gasteiger partial charge in [0, 0.05) is 0 Å². The molecule has 5 rings (SSSR count). The average molecular weight is 411 g/mol. The minimum atomic E-state index is 0.275. The van der Waals surface area contributed by atoms with Crippen LogP contribution in [0.5, 0.6) is 17.2 Å². The van der Waals surface area contributed by atoms with E-state index in [9.17, 15) is 0 Å². The van der Waals surface area contributed by atoms with Crippen molar-refractivity contribution in [1.29, 1.82) is 0 Å². The molecule has 2 heterocycles. The van der Waals surface area contributed by atoms with Gasteiger partial charge in [0.15, 0.2) is 0 Å². The van der Waals surface area contributed by atoms with Gasteiger partial charge in [-0.15, -0.1) is 0 Å². The second-order valence-corrected chi connectivity index (χ2v) is 8.62. The quantitative estimate of drug-likeness (QED) is 0.563. The van der Waals surface area contributed by atoms with Gasteiger partial charge >= 0.3 is 0 Å². The van der Waals surface area contributed by atoms with Crippen LogP contribution in [0.2, 0.25) is 0 Å². The lowest BCUT2D eigenvalue weighted by molar-refractivity contribution is 0.146. The van der Waals surface area contributed by atoms with E-state index in [4.69, 9.17) is 23.7 Å². The smallest absolute Gasteiger partial charge is 0.122 e. The zero-order valence-electron chi connectivity index (χ0n) is 17.5. The van der Waals surface area contributed by atoms with Crippen molar-refractivity contribution < 1.29 is 23.7 Å². The molecule has 0 aromatic heterocycles. The van der Waals surface area contributed by atoms with E-state index in [1.807, 2.05) is 12.1 Å². The van der Waals surface area contributed by atoms with Crippen LogP contribution in [0.25, 0.3) is 0 Å². The van der Waals surface area contributed by atoms with Crippen molar-refractivity contribution in [3.8, 4) is 17.2 Å². The normalized spacial score (nSPS) is 27.4. The van der Waals surface area contributed by atoms with Crippen molar-refractivity contribution in [3.63, 3.8) is 0 Å². The summed E-state index contributed by atoms with van der Waals surface area (Å²) in [5.41, 5.74) is 2.51. The van der Waals surface area contributed by atoms with Crippen LogP contribution in [0, 0.1) is 6.92 Å². The lowest BCUT2D eigenvalue weighted by atomic mass is 9.83. The first-order valence-electron chi connectivity index (χ1n) is 11.1. The molecule has 160 valence electrons. The predicted molar refractivity (Wildman–Crippen MR) is 114 cm³/mol. The van der Waals surface area contributed by atoms with Gasteiger partial charge in [-0.05, 0) is 80.0 Å². The Hall–Kier alpha value is -2.24. The molecule has 1 aliphatic carbocycles. The summed E-state index contributed by atoms with van der Waals surface area (Å²) in [5, 5.41) is 0. The Kier molecular flexibility index (Phi) is 5.82. The molecule has 1 saturated carbocycles. The molecule has 2 aromatic rings. The molecule has 0 N–H and O–H groups in total. The fourth-order valence-corrected chi connectivity index (χ4v) is 4.10. The van der Waals surface area contributed by atoms with Crippen molar-refractivity contribution in [2.75, 3.05) is 26.4 Å². The summed E-state index contributed by atoms with van der Waals surface area (Å²) in [6.45, 7) is 5.00. The highest BCUT2D eigenvalue weighted by molar-refractivity contribution is 5.39. The molecular formula is C25H30O5. The predicted octanol–water partition coefficient (Wildman–Crippen LogP) is 4.66. The van der Waals surface area contributed by atoms with Gasteiger partial charge in [0.2, 0.25) is 0 Å². The molecule has 5 nitrogen and oxygen atoms in total. The summed E-state index contributed by atoms with van der Waals surface area (Å²) < 4.78 is 28.2. The monoisotopic (exact) mass is 410 g/mol. The molecular weight excluding hydrogens is 380 g/mol. The standard InChI is InChI=1S/C25H30O5/c1-17-12-22(10-11-25(17)29-16-24-15-28-24)30-21-8-4-19(5-9-21)18-2-6-20(7-3-18)26-13-23-14-27-23/h2-3,6-7,10-12,19,21,23-24H,4-5,8-9,13-16H2,1H3. The van der Waals surface area contributed by atoms with E-state index in [1.165, 1.54) is 5.56 Å². The maximum Gasteiger partial charge on any atom is 0.122 e. The highest BCUT2D eigenvalue weighted by Crippen LogP contribution is 2.36. The van der Waals surface area contributed by atoms with E-state index in [0.29, 0.717) is 25.2 Å². The Morgan fingerprint density at radius 2 is 1.43 bits per heavy atom. The van der Waals surface area contributed by atoms with E-state index in [2.05, 4.69) is 37.3 Å². The summed E-state index contributed by atoms with van der Waals surface area (Å²) in [7, 11) is 0. The third-order valence-electron chi connectivity index (χ3n) is 6.14. The largest absolute Gasteiger partial charge is 0.491 e. The van der Waals surface area contributed by atoms with Gasteiger partial charge < -0.3 is 23.7 Å². The van der Waals surface area contributed by atoms with Gasteiger partial charge in [-0.1, -0.05) is 12.1 Å². The minimum Gasteiger partial charge on any atom is -0.491 e. The Morgan fingerprint density at radius 1 is 0.800 bits per heavy atom.